The van der Waals surface area contributed by atoms with Crippen molar-refractivity contribution in [3.05, 3.63) is 71.1 Å². The number of pyridine rings is 1. The lowest BCUT2D eigenvalue weighted by Gasteiger charge is -2.06. The highest BCUT2D eigenvalue weighted by molar-refractivity contribution is 7.17. The number of aromatic nitrogens is 1. The predicted molar refractivity (Wildman–Crippen MR) is 96.3 cm³/mol. The van der Waals surface area contributed by atoms with E-state index in [1.165, 1.54) is 11.3 Å². The maximum atomic E-state index is 12.1. The summed E-state index contributed by atoms with van der Waals surface area (Å²) in [6.45, 7) is 0. The Bertz CT molecular complexity index is 843. The van der Waals surface area contributed by atoms with Crippen LogP contribution in [0.4, 0.5) is 5.82 Å². The summed E-state index contributed by atoms with van der Waals surface area (Å²) >= 11 is 1.38. The number of carbonyl (C=O) groups excluding carboxylic acids is 2. The molecule has 4 nitrogen and oxygen atoms in total. The van der Waals surface area contributed by atoms with E-state index in [0.29, 0.717) is 23.5 Å². The molecule has 1 aromatic carbocycles. The Morgan fingerprint density at radius 3 is 2.62 bits per heavy atom. The Morgan fingerprint density at radius 2 is 1.88 bits per heavy atom. The Morgan fingerprint density at radius 1 is 1.04 bits per heavy atom. The normalized spacial score (nSPS) is 10.3. The minimum absolute atomic E-state index is 0.0664. The number of nitrogens with one attached hydrogen (secondary N) is 1. The van der Waals surface area contributed by atoms with Crippen molar-refractivity contribution in [2.45, 2.75) is 12.8 Å². The summed E-state index contributed by atoms with van der Waals surface area (Å²) in [5, 5.41) is 2.83. The second kappa shape index (κ2) is 7.66. The van der Waals surface area contributed by atoms with E-state index in [1.807, 2.05) is 48.5 Å². The number of benzene rings is 1. The van der Waals surface area contributed by atoms with Gasteiger partial charge in [-0.2, -0.15) is 0 Å². The van der Waals surface area contributed by atoms with Crippen LogP contribution in [0.15, 0.2) is 60.7 Å². The number of amides is 1. The van der Waals surface area contributed by atoms with Crippen molar-refractivity contribution in [1.29, 1.82) is 0 Å². The molecule has 0 saturated heterocycles. The Balaban J connectivity index is 1.63. The molecule has 2 heterocycles. The lowest BCUT2D eigenvalue weighted by atomic mass is 10.1. The number of thiophene rings is 1. The molecule has 0 saturated carbocycles. The van der Waals surface area contributed by atoms with E-state index < -0.39 is 0 Å². The Labute approximate surface area is 144 Å². The van der Waals surface area contributed by atoms with Crippen LogP contribution in [0.25, 0.3) is 10.6 Å². The molecule has 0 atom stereocenters. The monoisotopic (exact) mass is 336 g/mol. The van der Waals surface area contributed by atoms with E-state index in [0.717, 1.165) is 22.4 Å². The van der Waals surface area contributed by atoms with Gasteiger partial charge in [-0.25, -0.2) is 4.98 Å². The number of anilines is 1. The predicted octanol–water partition coefficient (Wildman–Crippen LogP) is 4.19. The van der Waals surface area contributed by atoms with Gasteiger partial charge in [-0.05, 0) is 36.2 Å². The van der Waals surface area contributed by atoms with Gasteiger partial charge in [0.25, 0.3) is 0 Å². The van der Waals surface area contributed by atoms with Gasteiger partial charge in [0, 0.05) is 6.42 Å². The fraction of sp³-hybridized carbons (Fsp3) is 0.105. The van der Waals surface area contributed by atoms with Crippen LogP contribution in [0, 0.1) is 0 Å². The van der Waals surface area contributed by atoms with Gasteiger partial charge < -0.3 is 5.32 Å². The maximum Gasteiger partial charge on any atom is 0.225 e. The molecule has 0 radical (unpaired) electrons. The molecule has 0 aliphatic heterocycles. The molecule has 24 heavy (non-hydrogen) atoms. The molecule has 0 unspecified atom stereocenters. The Hall–Kier alpha value is -2.79. The average Bonchev–Trinajstić information content (AvgIpc) is 3.10. The molecule has 0 aliphatic rings. The second-order valence-corrected chi connectivity index (χ2v) is 6.38. The molecule has 0 spiro atoms. The maximum absolute atomic E-state index is 12.1. The number of nitrogens with zero attached hydrogens (tertiary/aromatic N) is 1. The number of aryl methyl sites for hydroxylation is 1. The highest BCUT2D eigenvalue weighted by Gasteiger charge is 2.07. The lowest BCUT2D eigenvalue weighted by Crippen LogP contribution is -2.13. The van der Waals surface area contributed by atoms with Crippen molar-refractivity contribution in [3.8, 4) is 10.6 Å². The van der Waals surface area contributed by atoms with Gasteiger partial charge in [0.05, 0.1) is 15.4 Å². The minimum Gasteiger partial charge on any atom is -0.311 e. The molecule has 0 bridgehead atoms. The number of hydrogen-bond acceptors (Lipinski definition) is 4. The standard InChI is InChI=1S/C19H16N2O2S/c22-13-15-10-11-17(24-15)16-7-4-8-18(20-16)21-19(23)12-9-14-5-2-1-3-6-14/h1-8,10-11,13H,9,12H2,(H,20,21,23). The fourth-order valence-corrected chi connectivity index (χ4v) is 3.10. The second-order valence-electron chi connectivity index (χ2n) is 5.26. The van der Waals surface area contributed by atoms with E-state index in [9.17, 15) is 9.59 Å². The molecule has 0 aliphatic carbocycles. The first-order valence-corrected chi connectivity index (χ1v) is 8.42. The van der Waals surface area contributed by atoms with Crippen LogP contribution >= 0.6 is 11.3 Å². The van der Waals surface area contributed by atoms with Gasteiger partial charge in [-0.15, -0.1) is 11.3 Å². The van der Waals surface area contributed by atoms with E-state index in [1.54, 1.807) is 12.1 Å². The van der Waals surface area contributed by atoms with Crippen LogP contribution in [0.5, 0.6) is 0 Å². The molecule has 3 rings (SSSR count). The van der Waals surface area contributed by atoms with Crippen LogP contribution in [-0.2, 0) is 11.2 Å². The topological polar surface area (TPSA) is 59.1 Å². The number of rotatable bonds is 6. The lowest BCUT2D eigenvalue weighted by molar-refractivity contribution is -0.116. The third-order valence-electron chi connectivity index (χ3n) is 3.50. The average molecular weight is 336 g/mol. The number of hydrogen-bond donors (Lipinski definition) is 1. The fourth-order valence-electron chi connectivity index (χ4n) is 2.30. The summed E-state index contributed by atoms with van der Waals surface area (Å²) < 4.78 is 0. The van der Waals surface area contributed by atoms with Crippen molar-refractivity contribution in [1.82, 2.24) is 4.98 Å². The quantitative estimate of drug-likeness (QED) is 0.687. The van der Waals surface area contributed by atoms with Gasteiger partial charge >= 0.3 is 0 Å². The molecule has 1 N–H and O–H groups in total. The van der Waals surface area contributed by atoms with E-state index in [2.05, 4.69) is 10.3 Å². The zero-order valence-electron chi connectivity index (χ0n) is 12.9. The molecular weight excluding hydrogens is 320 g/mol. The Kier molecular flexibility index (Phi) is 5.13. The van der Waals surface area contributed by atoms with Gasteiger partial charge in [-0.3, -0.25) is 9.59 Å². The summed E-state index contributed by atoms with van der Waals surface area (Å²) in [6.07, 6.45) is 1.92. The summed E-state index contributed by atoms with van der Waals surface area (Å²) in [6, 6.07) is 19.0. The third kappa shape index (κ3) is 4.14. The number of carbonyl (C=O) groups is 2. The summed E-state index contributed by atoms with van der Waals surface area (Å²) in [7, 11) is 0. The van der Waals surface area contributed by atoms with Crippen molar-refractivity contribution in [2.75, 3.05) is 5.32 Å². The van der Waals surface area contributed by atoms with Crippen molar-refractivity contribution in [3.63, 3.8) is 0 Å². The summed E-state index contributed by atoms with van der Waals surface area (Å²) in [5.74, 6) is 0.454. The molecule has 0 fully saturated rings. The van der Waals surface area contributed by atoms with Gasteiger partial charge in [0.2, 0.25) is 5.91 Å². The van der Waals surface area contributed by atoms with Crippen LogP contribution in [-0.4, -0.2) is 17.2 Å². The van der Waals surface area contributed by atoms with Gasteiger partial charge in [-0.1, -0.05) is 36.4 Å². The van der Waals surface area contributed by atoms with Crippen LogP contribution in [0.1, 0.15) is 21.7 Å². The molecule has 5 heteroatoms. The summed E-state index contributed by atoms with van der Waals surface area (Å²) in [4.78, 5) is 28.9. The van der Waals surface area contributed by atoms with Crippen molar-refractivity contribution in [2.24, 2.45) is 0 Å². The van der Waals surface area contributed by atoms with Gasteiger partial charge in [0.15, 0.2) is 6.29 Å². The smallest absolute Gasteiger partial charge is 0.225 e. The largest absolute Gasteiger partial charge is 0.311 e. The summed E-state index contributed by atoms with van der Waals surface area (Å²) in [5.41, 5.74) is 1.88. The van der Waals surface area contributed by atoms with E-state index in [-0.39, 0.29) is 5.91 Å². The minimum atomic E-state index is -0.0664. The highest BCUT2D eigenvalue weighted by atomic mass is 32.1. The zero-order valence-corrected chi connectivity index (χ0v) is 13.8. The molecule has 2 aromatic heterocycles. The first-order valence-electron chi connectivity index (χ1n) is 7.61. The zero-order chi connectivity index (χ0) is 16.8. The molecule has 120 valence electrons. The third-order valence-corrected chi connectivity index (χ3v) is 4.53. The molecule has 1 amide bonds. The van der Waals surface area contributed by atoms with E-state index in [4.69, 9.17) is 0 Å². The van der Waals surface area contributed by atoms with Gasteiger partial charge in [0.1, 0.15) is 5.82 Å². The molecule has 3 aromatic rings. The SMILES string of the molecule is O=Cc1ccc(-c2cccc(NC(=O)CCc3ccccc3)n2)s1. The highest BCUT2D eigenvalue weighted by Crippen LogP contribution is 2.26. The van der Waals surface area contributed by atoms with Crippen LogP contribution in [0.2, 0.25) is 0 Å². The number of aldehydes is 1. The first kappa shape index (κ1) is 16.1. The van der Waals surface area contributed by atoms with E-state index >= 15 is 0 Å². The molecular formula is C19H16N2O2S. The van der Waals surface area contributed by atoms with Crippen molar-refractivity contribution < 1.29 is 9.59 Å². The van der Waals surface area contributed by atoms with Crippen LogP contribution in [0.3, 0.4) is 0 Å². The van der Waals surface area contributed by atoms with Crippen molar-refractivity contribution >= 4 is 29.3 Å². The first-order chi connectivity index (χ1) is 11.7. The van der Waals surface area contributed by atoms with Crippen LogP contribution < -0.4 is 5.32 Å².